The monoisotopic (exact) mass is 319 g/mol. The standard InChI is InChI=1S/C16H21N3O4/c1-2-16(22)6-9-18(11-14(16)20)15(21)13-5-4-12(23-13)10-19-8-3-7-17-19/h3-5,7-8,14,20,22H,2,6,9-11H2,1H3/t14-,16-/m1/s1. The Morgan fingerprint density at radius 2 is 2.35 bits per heavy atom. The second-order valence-corrected chi connectivity index (χ2v) is 5.94. The Morgan fingerprint density at radius 3 is 3.00 bits per heavy atom. The van der Waals surface area contributed by atoms with Crippen molar-refractivity contribution in [1.82, 2.24) is 14.7 Å². The molecular weight excluding hydrogens is 298 g/mol. The Hall–Kier alpha value is -2.12. The third kappa shape index (κ3) is 3.16. The van der Waals surface area contributed by atoms with E-state index in [-0.39, 0.29) is 18.2 Å². The van der Waals surface area contributed by atoms with E-state index in [9.17, 15) is 15.0 Å². The number of β-amino-alcohol motifs (C(OH)–C–C–N with tert-alkyl or cyclic N) is 1. The molecule has 7 heteroatoms. The van der Waals surface area contributed by atoms with Crippen molar-refractivity contribution in [3.63, 3.8) is 0 Å². The largest absolute Gasteiger partial charge is 0.454 e. The van der Waals surface area contributed by atoms with E-state index < -0.39 is 11.7 Å². The summed E-state index contributed by atoms with van der Waals surface area (Å²) in [6, 6.07) is 5.20. The number of rotatable bonds is 4. The van der Waals surface area contributed by atoms with Gasteiger partial charge in [0.1, 0.15) is 11.9 Å². The SMILES string of the molecule is CC[C@@]1(O)CCN(C(=O)c2ccc(Cn3cccn3)o2)C[C@H]1O. The minimum Gasteiger partial charge on any atom is -0.454 e. The second-order valence-electron chi connectivity index (χ2n) is 5.94. The quantitative estimate of drug-likeness (QED) is 0.872. The first-order valence-electron chi connectivity index (χ1n) is 7.77. The average Bonchev–Trinajstić information content (AvgIpc) is 3.22. The van der Waals surface area contributed by atoms with Crippen molar-refractivity contribution in [1.29, 1.82) is 0 Å². The molecule has 0 radical (unpaired) electrons. The van der Waals surface area contributed by atoms with Crippen LogP contribution in [0.25, 0.3) is 0 Å². The van der Waals surface area contributed by atoms with Gasteiger partial charge in [0.05, 0.1) is 12.1 Å². The number of aromatic nitrogens is 2. The maximum Gasteiger partial charge on any atom is 0.289 e. The zero-order valence-electron chi connectivity index (χ0n) is 13.1. The van der Waals surface area contributed by atoms with Crippen molar-refractivity contribution in [2.45, 2.75) is 38.0 Å². The summed E-state index contributed by atoms with van der Waals surface area (Å²) in [7, 11) is 0. The fraction of sp³-hybridized carbons (Fsp3) is 0.500. The molecule has 0 saturated carbocycles. The molecule has 2 atom stereocenters. The van der Waals surface area contributed by atoms with E-state index in [0.717, 1.165) is 0 Å². The highest BCUT2D eigenvalue weighted by atomic mass is 16.4. The lowest BCUT2D eigenvalue weighted by Gasteiger charge is -2.41. The molecule has 2 aromatic heterocycles. The van der Waals surface area contributed by atoms with Gasteiger partial charge in [-0.1, -0.05) is 6.92 Å². The lowest BCUT2D eigenvalue weighted by molar-refractivity contribution is -0.114. The molecule has 124 valence electrons. The summed E-state index contributed by atoms with van der Waals surface area (Å²) in [5, 5.41) is 24.4. The summed E-state index contributed by atoms with van der Waals surface area (Å²) >= 11 is 0. The van der Waals surface area contributed by atoms with Gasteiger partial charge in [-0.05, 0) is 31.0 Å². The molecule has 0 aliphatic carbocycles. The lowest BCUT2D eigenvalue weighted by Crippen LogP contribution is -2.56. The van der Waals surface area contributed by atoms with Crippen molar-refractivity contribution in [3.05, 3.63) is 42.1 Å². The molecule has 0 unspecified atom stereocenters. The Kier molecular flexibility index (Phi) is 4.23. The molecule has 1 aliphatic rings. The predicted octanol–water partition coefficient (Wildman–Crippen LogP) is 0.872. The number of aliphatic hydroxyl groups excluding tert-OH is 1. The molecule has 0 spiro atoms. The topological polar surface area (TPSA) is 91.7 Å². The molecule has 0 aromatic carbocycles. The van der Waals surface area contributed by atoms with Gasteiger partial charge in [0.25, 0.3) is 5.91 Å². The van der Waals surface area contributed by atoms with Crippen LogP contribution in [0.3, 0.4) is 0 Å². The minimum atomic E-state index is -1.11. The van der Waals surface area contributed by atoms with Crippen molar-refractivity contribution in [2.24, 2.45) is 0 Å². The smallest absolute Gasteiger partial charge is 0.289 e. The van der Waals surface area contributed by atoms with Crippen LogP contribution in [0, 0.1) is 0 Å². The molecule has 2 aromatic rings. The zero-order chi connectivity index (χ0) is 16.4. The first-order chi connectivity index (χ1) is 11.0. The van der Waals surface area contributed by atoms with E-state index in [2.05, 4.69) is 5.10 Å². The van der Waals surface area contributed by atoms with E-state index in [4.69, 9.17) is 4.42 Å². The molecule has 3 heterocycles. The Balaban J connectivity index is 1.66. The molecule has 7 nitrogen and oxygen atoms in total. The third-order valence-electron chi connectivity index (χ3n) is 4.48. The maximum atomic E-state index is 12.5. The van der Waals surface area contributed by atoms with Crippen LogP contribution in [0.15, 0.2) is 35.0 Å². The van der Waals surface area contributed by atoms with Gasteiger partial charge in [-0.15, -0.1) is 0 Å². The van der Waals surface area contributed by atoms with E-state index in [1.807, 2.05) is 19.2 Å². The Morgan fingerprint density at radius 1 is 1.52 bits per heavy atom. The molecule has 1 amide bonds. The van der Waals surface area contributed by atoms with Crippen molar-refractivity contribution >= 4 is 5.91 Å². The molecule has 3 rings (SSSR count). The highest BCUT2D eigenvalue weighted by Gasteiger charge is 2.40. The number of carbonyl (C=O) groups is 1. The predicted molar refractivity (Wildman–Crippen MR) is 81.8 cm³/mol. The van der Waals surface area contributed by atoms with Gasteiger partial charge in [0.2, 0.25) is 0 Å². The van der Waals surface area contributed by atoms with Gasteiger partial charge >= 0.3 is 0 Å². The summed E-state index contributed by atoms with van der Waals surface area (Å²) < 4.78 is 7.30. The van der Waals surface area contributed by atoms with Crippen molar-refractivity contribution in [3.8, 4) is 0 Å². The number of carbonyl (C=O) groups excluding carboxylic acids is 1. The highest BCUT2D eigenvalue weighted by Crippen LogP contribution is 2.27. The van der Waals surface area contributed by atoms with E-state index in [1.54, 1.807) is 23.0 Å². The number of nitrogens with zero attached hydrogens (tertiary/aromatic N) is 3. The first-order valence-corrected chi connectivity index (χ1v) is 7.77. The highest BCUT2D eigenvalue weighted by molar-refractivity contribution is 5.91. The molecular formula is C16H21N3O4. The van der Waals surface area contributed by atoms with Crippen LogP contribution in [0.2, 0.25) is 0 Å². The molecule has 0 bridgehead atoms. The molecule has 1 saturated heterocycles. The number of hydrogen-bond acceptors (Lipinski definition) is 5. The minimum absolute atomic E-state index is 0.109. The van der Waals surface area contributed by atoms with Crippen LogP contribution in [-0.2, 0) is 6.54 Å². The first kappa shape index (κ1) is 15.8. The van der Waals surface area contributed by atoms with Gasteiger partial charge in [-0.2, -0.15) is 5.10 Å². The van der Waals surface area contributed by atoms with E-state index in [0.29, 0.717) is 31.7 Å². The van der Waals surface area contributed by atoms with Gasteiger partial charge < -0.3 is 19.5 Å². The van der Waals surface area contributed by atoms with Crippen LogP contribution in [0.5, 0.6) is 0 Å². The van der Waals surface area contributed by atoms with Crippen LogP contribution in [0.1, 0.15) is 36.1 Å². The molecule has 1 aliphatic heterocycles. The number of furan rings is 1. The summed E-state index contributed by atoms with van der Waals surface area (Å²) in [6.07, 6.45) is 3.38. The zero-order valence-corrected chi connectivity index (χ0v) is 13.1. The Bertz CT molecular complexity index is 667. The van der Waals surface area contributed by atoms with Gasteiger partial charge in [0, 0.05) is 25.5 Å². The normalized spacial score (nSPS) is 24.8. The Labute approximate surface area is 134 Å². The van der Waals surface area contributed by atoms with Crippen LogP contribution < -0.4 is 0 Å². The maximum absolute atomic E-state index is 12.5. The number of hydrogen-bond donors (Lipinski definition) is 2. The average molecular weight is 319 g/mol. The fourth-order valence-electron chi connectivity index (χ4n) is 2.85. The lowest BCUT2D eigenvalue weighted by atomic mass is 9.86. The van der Waals surface area contributed by atoms with Crippen LogP contribution in [0.4, 0.5) is 0 Å². The van der Waals surface area contributed by atoms with E-state index in [1.165, 1.54) is 4.90 Å². The molecule has 1 fully saturated rings. The number of piperidine rings is 1. The van der Waals surface area contributed by atoms with Gasteiger partial charge in [-0.25, -0.2) is 0 Å². The fourth-order valence-corrected chi connectivity index (χ4v) is 2.85. The van der Waals surface area contributed by atoms with Crippen molar-refractivity contribution in [2.75, 3.05) is 13.1 Å². The number of aliphatic hydroxyl groups is 2. The summed E-state index contributed by atoms with van der Waals surface area (Å²) in [5.74, 6) is 0.606. The number of likely N-dealkylation sites (tertiary alicyclic amines) is 1. The van der Waals surface area contributed by atoms with Gasteiger partial charge in [0.15, 0.2) is 5.76 Å². The van der Waals surface area contributed by atoms with Crippen LogP contribution >= 0.6 is 0 Å². The molecule has 23 heavy (non-hydrogen) atoms. The summed E-state index contributed by atoms with van der Waals surface area (Å²) in [6.45, 7) is 2.79. The van der Waals surface area contributed by atoms with Crippen LogP contribution in [-0.4, -0.2) is 55.6 Å². The second kappa shape index (κ2) is 6.17. The van der Waals surface area contributed by atoms with Gasteiger partial charge in [-0.3, -0.25) is 9.48 Å². The van der Waals surface area contributed by atoms with E-state index >= 15 is 0 Å². The third-order valence-corrected chi connectivity index (χ3v) is 4.48. The number of amides is 1. The summed E-state index contributed by atoms with van der Waals surface area (Å²) in [5.41, 5.74) is -1.11. The summed E-state index contributed by atoms with van der Waals surface area (Å²) in [4.78, 5) is 14.0. The van der Waals surface area contributed by atoms with Crippen molar-refractivity contribution < 1.29 is 19.4 Å². The molecule has 2 N–H and O–H groups in total.